The van der Waals surface area contributed by atoms with Crippen LogP contribution in [0, 0.1) is 0 Å². The Morgan fingerprint density at radius 3 is 1.10 bits per heavy atom. The van der Waals surface area contributed by atoms with Gasteiger partial charge in [0, 0.05) is 12.8 Å². The highest BCUT2D eigenvalue weighted by Crippen LogP contribution is 2.43. The number of phosphoric ester groups is 1. The molecule has 0 spiro atoms. The number of allylic oxidation sites excluding steroid dienone is 8. The topological polar surface area (TPSA) is 149 Å². The predicted octanol–water partition coefficient (Wildman–Crippen LogP) is 12.5. The van der Waals surface area contributed by atoms with Gasteiger partial charge in [0.15, 0.2) is 0 Å². The fourth-order valence-electron chi connectivity index (χ4n) is 6.17. The minimum Gasteiger partial charge on any atom is -0.457 e. The zero-order valence-corrected chi connectivity index (χ0v) is 37.6. The molecule has 0 saturated carbocycles. The van der Waals surface area contributed by atoms with Crippen LogP contribution in [-0.4, -0.2) is 65.7 Å². The largest absolute Gasteiger partial charge is 0.472 e. The van der Waals surface area contributed by atoms with Crippen LogP contribution in [0.3, 0.4) is 0 Å². The molecular formula is C47H85O10P. The van der Waals surface area contributed by atoms with Gasteiger partial charge in [0.25, 0.3) is 0 Å². The molecule has 3 unspecified atom stereocenters. The maximum Gasteiger partial charge on any atom is 0.472 e. The van der Waals surface area contributed by atoms with Crippen molar-refractivity contribution in [2.24, 2.45) is 0 Å². The lowest BCUT2D eigenvalue weighted by Crippen LogP contribution is -2.28. The maximum absolute atomic E-state index is 12.4. The van der Waals surface area contributed by atoms with E-state index in [0.29, 0.717) is 12.8 Å². The number of carbonyl (C=O) groups excluding carboxylic acids is 2. The first-order valence-electron chi connectivity index (χ1n) is 23.1. The number of hydrogen-bond acceptors (Lipinski definition) is 9. The van der Waals surface area contributed by atoms with Gasteiger partial charge in [0.1, 0.15) is 12.2 Å². The highest BCUT2D eigenvalue weighted by molar-refractivity contribution is 7.47. The van der Waals surface area contributed by atoms with Gasteiger partial charge < -0.3 is 24.6 Å². The van der Waals surface area contributed by atoms with Crippen molar-refractivity contribution in [1.82, 2.24) is 0 Å². The smallest absolute Gasteiger partial charge is 0.457 e. The highest BCUT2D eigenvalue weighted by Gasteiger charge is 2.27. The molecule has 0 aromatic carbocycles. The van der Waals surface area contributed by atoms with E-state index >= 15 is 0 Å². The van der Waals surface area contributed by atoms with E-state index < -0.39 is 58.4 Å². The van der Waals surface area contributed by atoms with Gasteiger partial charge in [-0.1, -0.05) is 159 Å². The monoisotopic (exact) mass is 841 g/mol. The molecule has 10 nitrogen and oxygen atoms in total. The third-order valence-electron chi connectivity index (χ3n) is 9.76. The number of aliphatic hydroxyl groups is 2. The summed E-state index contributed by atoms with van der Waals surface area (Å²) in [6.07, 6.45) is 46.4. The highest BCUT2D eigenvalue weighted by atomic mass is 31.2. The van der Waals surface area contributed by atoms with Crippen molar-refractivity contribution in [1.29, 1.82) is 0 Å². The van der Waals surface area contributed by atoms with Crippen molar-refractivity contribution in [2.45, 2.75) is 212 Å². The molecule has 58 heavy (non-hydrogen) atoms. The standard InChI is InChI=1S/C47H85O10P/c1-3-5-7-9-11-13-15-17-19-21-23-25-27-29-31-33-35-37-39-47(51)57-45(41-49)43-55-58(52,53)54-42-44(40-48)56-46(50)38-36-34-32-30-28-26-24-22-20-18-16-14-12-10-8-6-4-2/h12-15,18-21,44-45,48-49H,3-11,16-17,22-43H2,1-2H3,(H,52,53)/b14-12-,15-13-,20-18-,21-19-. The molecule has 3 N–H and O–H groups in total. The summed E-state index contributed by atoms with van der Waals surface area (Å²) in [6, 6.07) is 0. The van der Waals surface area contributed by atoms with Gasteiger partial charge in [-0.05, 0) is 77.0 Å². The zero-order chi connectivity index (χ0) is 42.6. The number of esters is 2. The molecule has 338 valence electrons. The normalized spacial score (nSPS) is 14.2. The van der Waals surface area contributed by atoms with E-state index in [2.05, 4.69) is 62.5 Å². The SMILES string of the molecule is CCCCC/C=C\C/C=C\CCCCCCCCCC(=O)OC(CO)COP(=O)(O)OCC(CO)OC(=O)CCCCCCCCC/C=C\C/C=C\CCCCCC. The van der Waals surface area contributed by atoms with Gasteiger partial charge >= 0.3 is 19.8 Å². The molecule has 0 aromatic heterocycles. The number of phosphoric acid groups is 1. The number of aliphatic hydroxyl groups excluding tert-OH is 2. The Labute approximate surface area is 353 Å². The molecule has 0 aromatic rings. The summed E-state index contributed by atoms with van der Waals surface area (Å²) >= 11 is 0. The molecule has 0 aliphatic rings. The number of hydrogen-bond donors (Lipinski definition) is 3. The van der Waals surface area contributed by atoms with Crippen LogP contribution < -0.4 is 0 Å². The quantitative estimate of drug-likeness (QED) is 0.0234. The van der Waals surface area contributed by atoms with E-state index in [-0.39, 0.29) is 12.8 Å². The molecule has 0 heterocycles. The number of ether oxygens (including phenoxy) is 2. The first-order chi connectivity index (χ1) is 28.3. The zero-order valence-electron chi connectivity index (χ0n) is 36.8. The lowest BCUT2D eigenvalue weighted by molar-refractivity contribution is -0.153. The Balaban J connectivity index is 3.92. The van der Waals surface area contributed by atoms with E-state index in [1.165, 1.54) is 96.3 Å². The van der Waals surface area contributed by atoms with Gasteiger partial charge in [-0.3, -0.25) is 18.6 Å². The van der Waals surface area contributed by atoms with Crippen molar-refractivity contribution < 1.29 is 47.8 Å². The molecule has 0 amide bonds. The van der Waals surface area contributed by atoms with Gasteiger partial charge in [-0.25, -0.2) is 4.57 Å². The van der Waals surface area contributed by atoms with Gasteiger partial charge in [0.05, 0.1) is 26.4 Å². The lowest BCUT2D eigenvalue weighted by atomic mass is 10.1. The second-order valence-corrected chi connectivity index (χ2v) is 16.8. The van der Waals surface area contributed by atoms with Crippen LogP contribution in [0.2, 0.25) is 0 Å². The van der Waals surface area contributed by atoms with Crippen LogP contribution in [0.1, 0.15) is 200 Å². The van der Waals surface area contributed by atoms with E-state index in [0.717, 1.165) is 64.2 Å². The van der Waals surface area contributed by atoms with Crippen LogP contribution in [0.15, 0.2) is 48.6 Å². The summed E-state index contributed by atoms with van der Waals surface area (Å²) in [6.45, 7) is 2.16. The summed E-state index contributed by atoms with van der Waals surface area (Å²) in [4.78, 5) is 34.6. The molecule has 0 fully saturated rings. The molecule has 11 heteroatoms. The first-order valence-corrected chi connectivity index (χ1v) is 24.6. The molecular weight excluding hydrogens is 755 g/mol. The molecule has 0 aliphatic carbocycles. The van der Waals surface area contributed by atoms with Gasteiger partial charge in [0.2, 0.25) is 0 Å². The van der Waals surface area contributed by atoms with Crippen LogP contribution >= 0.6 is 7.82 Å². The van der Waals surface area contributed by atoms with Crippen molar-refractivity contribution in [3.8, 4) is 0 Å². The number of unbranched alkanes of at least 4 members (excludes halogenated alkanes) is 21. The Kier molecular flexibility index (Phi) is 41.5. The number of carbonyl (C=O) groups is 2. The molecule has 0 rings (SSSR count). The Hall–Kier alpha value is -2.07. The van der Waals surface area contributed by atoms with Crippen LogP contribution in [-0.2, 0) is 32.7 Å². The van der Waals surface area contributed by atoms with Crippen molar-refractivity contribution in [3.63, 3.8) is 0 Å². The summed E-state index contributed by atoms with van der Waals surface area (Å²) < 4.78 is 32.6. The fourth-order valence-corrected chi connectivity index (χ4v) is 6.96. The van der Waals surface area contributed by atoms with E-state index in [1.807, 2.05) is 0 Å². The van der Waals surface area contributed by atoms with E-state index in [1.54, 1.807) is 0 Å². The van der Waals surface area contributed by atoms with Crippen LogP contribution in [0.5, 0.6) is 0 Å². The average Bonchev–Trinajstić information content (AvgIpc) is 3.21. The van der Waals surface area contributed by atoms with Crippen molar-refractivity contribution >= 4 is 19.8 Å². The maximum atomic E-state index is 12.4. The van der Waals surface area contributed by atoms with Gasteiger partial charge in [-0.2, -0.15) is 0 Å². The molecule has 0 radical (unpaired) electrons. The average molecular weight is 841 g/mol. The fraction of sp³-hybridized carbons (Fsp3) is 0.787. The molecule has 3 atom stereocenters. The Bertz CT molecular complexity index is 1110. The van der Waals surface area contributed by atoms with E-state index in [4.69, 9.17) is 18.5 Å². The third-order valence-corrected chi connectivity index (χ3v) is 10.7. The Morgan fingerprint density at radius 1 is 0.466 bits per heavy atom. The summed E-state index contributed by atoms with van der Waals surface area (Å²) in [5.74, 6) is -1.03. The van der Waals surface area contributed by atoms with Crippen molar-refractivity contribution in [2.75, 3.05) is 26.4 Å². The lowest BCUT2D eigenvalue weighted by Gasteiger charge is -2.20. The van der Waals surface area contributed by atoms with Crippen LogP contribution in [0.4, 0.5) is 0 Å². The van der Waals surface area contributed by atoms with E-state index in [9.17, 15) is 29.3 Å². The second kappa shape index (κ2) is 43.0. The predicted molar refractivity (Wildman–Crippen MR) is 237 cm³/mol. The minimum absolute atomic E-state index is 0.182. The molecule has 0 aliphatic heterocycles. The third kappa shape index (κ3) is 40.7. The molecule has 0 bridgehead atoms. The first kappa shape index (κ1) is 55.9. The second-order valence-electron chi connectivity index (χ2n) is 15.4. The summed E-state index contributed by atoms with van der Waals surface area (Å²) in [7, 11) is -4.64. The number of rotatable bonds is 43. The summed E-state index contributed by atoms with van der Waals surface area (Å²) in [5.41, 5.74) is 0. The summed E-state index contributed by atoms with van der Waals surface area (Å²) in [5, 5.41) is 19.2. The minimum atomic E-state index is -4.64. The molecule has 0 saturated heterocycles. The van der Waals surface area contributed by atoms with Crippen molar-refractivity contribution in [3.05, 3.63) is 48.6 Å². The van der Waals surface area contributed by atoms with Gasteiger partial charge in [-0.15, -0.1) is 0 Å². The van der Waals surface area contributed by atoms with Crippen LogP contribution in [0.25, 0.3) is 0 Å². The Morgan fingerprint density at radius 2 is 0.759 bits per heavy atom.